The molecule has 0 aliphatic carbocycles. The molecule has 2 aliphatic rings. The highest BCUT2D eigenvalue weighted by Crippen LogP contribution is 2.41. The molecule has 0 N–H and O–H groups in total. The highest BCUT2D eigenvalue weighted by atomic mass is 79.9. The van der Waals surface area contributed by atoms with E-state index >= 15 is 0 Å². The molecular formula is C11H10BrNO2. The van der Waals surface area contributed by atoms with Gasteiger partial charge in [-0.05, 0) is 24.1 Å². The lowest BCUT2D eigenvalue weighted by atomic mass is 10.00. The number of carbonyl (C=O) groups is 1. The van der Waals surface area contributed by atoms with Crippen molar-refractivity contribution in [3.63, 3.8) is 0 Å². The molecule has 0 aromatic heterocycles. The van der Waals surface area contributed by atoms with Gasteiger partial charge in [-0.3, -0.25) is 4.79 Å². The van der Waals surface area contributed by atoms with Crippen LogP contribution in [0.3, 0.4) is 0 Å². The number of carbonyl (C=O) groups excluding carboxylic acids is 1. The molecule has 2 heterocycles. The van der Waals surface area contributed by atoms with Gasteiger partial charge < -0.3 is 9.64 Å². The number of benzene rings is 1. The molecule has 4 heteroatoms. The summed E-state index contributed by atoms with van der Waals surface area (Å²) in [7, 11) is 0. The molecule has 1 aromatic rings. The minimum absolute atomic E-state index is 0.217. The van der Waals surface area contributed by atoms with Crippen molar-refractivity contribution >= 4 is 27.5 Å². The van der Waals surface area contributed by atoms with Crippen molar-refractivity contribution in [1.29, 1.82) is 0 Å². The summed E-state index contributed by atoms with van der Waals surface area (Å²) in [4.78, 5) is 13.6. The monoisotopic (exact) mass is 267 g/mol. The second-order valence-electron chi connectivity index (χ2n) is 3.81. The van der Waals surface area contributed by atoms with Crippen LogP contribution in [0.25, 0.3) is 0 Å². The minimum Gasteiger partial charge on any atom is -0.489 e. The zero-order valence-corrected chi connectivity index (χ0v) is 9.71. The van der Waals surface area contributed by atoms with Crippen molar-refractivity contribution in [1.82, 2.24) is 0 Å². The molecule has 0 fully saturated rings. The molecule has 15 heavy (non-hydrogen) atoms. The van der Waals surface area contributed by atoms with E-state index in [0.717, 1.165) is 22.3 Å². The van der Waals surface area contributed by atoms with E-state index in [0.29, 0.717) is 19.6 Å². The van der Waals surface area contributed by atoms with E-state index in [2.05, 4.69) is 22.0 Å². The summed E-state index contributed by atoms with van der Waals surface area (Å²) in [5, 5.41) is 0. The Balaban J connectivity index is 2.22. The summed E-state index contributed by atoms with van der Waals surface area (Å²) in [6.45, 7) is 1.27. The lowest BCUT2D eigenvalue weighted by molar-refractivity contribution is -0.119. The van der Waals surface area contributed by atoms with Crippen molar-refractivity contribution < 1.29 is 9.53 Å². The first-order chi connectivity index (χ1) is 7.25. The normalized spacial score (nSPS) is 18.5. The van der Waals surface area contributed by atoms with Gasteiger partial charge in [0.2, 0.25) is 5.91 Å². The molecule has 0 unspecified atom stereocenters. The Morgan fingerprint density at radius 3 is 3.07 bits per heavy atom. The van der Waals surface area contributed by atoms with E-state index in [1.807, 2.05) is 11.0 Å². The number of halogens is 1. The lowest BCUT2D eigenvalue weighted by Gasteiger charge is -2.34. The van der Waals surface area contributed by atoms with Crippen LogP contribution in [-0.2, 0) is 11.2 Å². The quantitative estimate of drug-likeness (QED) is 0.721. The lowest BCUT2D eigenvalue weighted by Crippen LogP contribution is -2.41. The summed E-state index contributed by atoms with van der Waals surface area (Å²) < 4.78 is 6.60. The van der Waals surface area contributed by atoms with Crippen LogP contribution in [0.4, 0.5) is 5.69 Å². The van der Waals surface area contributed by atoms with Crippen LogP contribution in [0.5, 0.6) is 5.75 Å². The molecule has 3 rings (SSSR count). The van der Waals surface area contributed by atoms with Crippen molar-refractivity contribution in [2.75, 3.05) is 18.1 Å². The van der Waals surface area contributed by atoms with Crippen LogP contribution in [-0.4, -0.2) is 19.1 Å². The standard InChI is InChI=1S/C11H10BrNO2/c12-8-5-7-1-2-10(14)13-3-4-15-9(6-8)11(7)13/h5-6H,1-4H2. The maximum absolute atomic E-state index is 11.7. The molecule has 3 nitrogen and oxygen atoms in total. The average Bonchev–Trinajstić information content (AvgIpc) is 2.23. The third-order valence-electron chi connectivity index (χ3n) is 2.87. The highest BCUT2D eigenvalue weighted by Gasteiger charge is 2.30. The molecule has 1 amide bonds. The Morgan fingerprint density at radius 1 is 1.33 bits per heavy atom. The second kappa shape index (κ2) is 3.23. The van der Waals surface area contributed by atoms with E-state index in [1.165, 1.54) is 5.56 Å². The number of amides is 1. The smallest absolute Gasteiger partial charge is 0.227 e. The summed E-state index contributed by atoms with van der Waals surface area (Å²) >= 11 is 3.46. The Kier molecular flexibility index (Phi) is 1.99. The topological polar surface area (TPSA) is 29.5 Å². The number of hydrogen-bond donors (Lipinski definition) is 0. The Bertz CT molecular complexity index is 427. The molecule has 0 saturated heterocycles. The third-order valence-corrected chi connectivity index (χ3v) is 3.33. The molecule has 2 aliphatic heterocycles. The predicted octanol–water partition coefficient (Wildman–Crippen LogP) is 2.12. The number of nitrogens with zero attached hydrogens (tertiary/aromatic N) is 1. The van der Waals surface area contributed by atoms with Crippen LogP contribution < -0.4 is 9.64 Å². The molecule has 0 radical (unpaired) electrons. The zero-order valence-electron chi connectivity index (χ0n) is 8.12. The molecule has 0 atom stereocenters. The van der Waals surface area contributed by atoms with Crippen molar-refractivity contribution in [2.45, 2.75) is 12.8 Å². The first-order valence-electron chi connectivity index (χ1n) is 5.01. The highest BCUT2D eigenvalue weighted by molar-refractivity contribution is 9.10. The van der Waals surface area contributed by atoms with E-state index in [-0.39, 0.29) is 5.91 Å². The maximum Gasteiger partial charge on any atom is 0.227 e. The maximum atomic E-state index is 11.7. The molecule has 78 valence electrons. The van der Waals surface area contributed by atoms with Crippen LogP contribution in [0.1, 0.15) is 12.0 Å². The SMILES string of the molecule is O=C1CCc2cc(Br)cc3c2N1CCO3. The Labute approximate surface area is 96.1 Å². The largest absolute Gasteiger partial charge is 0.489 e. The first kappa shape index (κ1) is 9.21. The van der Waals surface area contributed by atoms with Gasteiger partial charge in [-0.25, -0.2) is 0 Å². The van der Waals surface area contributed by atoms with Crippen LogP contribution in [0, 0.1) is 0 Å². The number of hydrogen-bond acceptors (Lipinski definition) is 2. The fourth-order valence-corrected chi connectivity index (χ4v) is 2.70. The van der Waals surface area contributed by atoms with Crippen molar-refractivity contribution in [3.8, 4) is 5.75 Å². The molecule has 0 saturated carbocycles. The van der Waals surface area contributed by atoms with E-state index in [9.17, 15) is 4.79 Å². The summed E-state index contributed by atoms with van der Waals surface area (Å²) in [6.07, 6.45) is 1.43. The fourth-order valence-electron chi connectivity index (χ4n) is 2.22. The van der Waals surface area contributed by atoms with Gasteiger partial charge in [0.1, 0.15) is 12.4 Å². The van der Waals surface area contributed by atoms with Gasteiger partial charge in [0.05, 0.1) is 12.2 Å². The molecule has 0 spiro atoms. The molecule has 0 bridgehead atoms. The summed E-state index contributed by atoms with van der Waals surface area (Å²) in [5.74, 6) is 1.05. The van der Waals surface area contributed by atoms with Crippen LogP contribution in [0.15, 0.2) is 16.6 Å². The van der Waals surface area contributed by atoms with Gasteiger partial charge in [0.15, 0.2) is 0 Å². The van der Waals surface area contributed by atoms with Crippen molar-refractivity contribution in [3.05, 3.63) is 22.2 Å². The number of ether oxygens (including phenoxy) is 1. The molecular weight excluding hydrogens is 258 g/mol. The first-order valence-corrected chi connectivity index (χ1v) is 5.80. The third kappa shape index (κ3) is 1.35. The van der Waals surface area contributed by atoms with Gasteiger partial charge in [-0.2, -0.15) is 0 Å². The summed E-state index contributed by atoms with van der Waals surface area (Å²) in [6, 6.07) is 4.01. The van der Waals surface area contributed by atoms with E-state index in [4.69, 9.17) is 4.74 Å². The van der Waals surface area contributed by atoms with Crippen LogP contribution >= 0.6 is 15.9 Å². The Morgan fingerprint density at radius 2 is 2.20 bits per heavy atom. The molecule has 1 aromatic carbocycles. The number of rotatable bonds is 0. The van der Waals surface area contributed by atoms with Gasteiger partial charge in [0, 0.05) is 10.9 Å². The van der Waals surface area contributed by atoms with E-state index < -0.39 is 0 Å². The van der Waals surface area contributed by atoms with Gasteiger partial charge in [0.25, 0.3) is 0 Å². The number of aryl methyl sites for hydroxylation is 1. The average molecular weight is 268 g/mol. The van der Waals surface area contributed by atoms with Crippen LogP contribution in [0.2, 0.25) is 0 Å². The zero-order chi connectivity index (χ0) is 10.4. The Hall–Kier alpha value is -1.03. The van der Waals surface area contributed by atoms with Gasteiger partial charge >= 0.3 is 0 Å². The van der Waals surface area contributed by atoms with Gasteiger partial charge in [-0.15, -0.1) is 0 Å². The minimum atomic E-state index is 0.217. The predicted molar refractivity (Wildman–Crippen MR) is 60.3 cm³/mol. The summed E-state index contributed by atoms with van der Waals surface area (Å²) in [5.41, 5.74) is 2.19. The van der Waals surface area contributed by atoms with Crippen molar-refractivity contribution in [2.24, 2.45) is 0 Å². The fraction of sp³-hybridized carbons (Fsp3) is 0.364. The second-order valence-corrected chi connectivity index (χ2v) is 4.72. The van der Waals surface area contributed by atoms with Gasteiger partial charge in [-0.1, -0.05) is 15.9 Å². The number of anilines is 1. The van der Waals surface area contributed by atoms with E-state index in [1.54, 1.807) is 0 Å².